The smallest absolute Gasteiger partial charge is 0.341 e. The molecule has 1 aliphatic heterocycles. The Bertz CT molecular complexity index is 1000. The van der Waals surface area contributed by atoms with Gasteiger partial charge in [0.1, 0.15) is 5.70 Å². The molecule has 9 heteroatoms. The first-order chi connectivity index (χ1) is 14.4. The summed E-state index contributed by atoms with van der Waals surface area (Å²) in [4.78, 5) is 36.8. The summed E-state index contributed by atoms with van der Waals surface area (Å²) in [6.45, 7) is 1.79. The number of carbonyl (C=O) groups is 3. The lowest BCUT2D eigenvalue weighted by molar-refractivity contribution is -0.139. The van der Waals surface area contributed by atoms with Gasteiger partial charge < -0.3 is 19.9 Å². The number of rotatable bonds is 8. The summed E-state index contributed by atoms with van der Waals surface area (Å²) in [5.41, 5.74) is 1.55. The zero-order chi connectivity index (χ0) is 21.7. The minimum Gasteiger partial charge on any atom is -0.490 e. The van der Waals surface area contributed by atoms with Crippen LogP contribution < -0.4 is 14.8 Å². The van der Waals surface area contributed by atoms with Crippen molar-refractivity contribution in [2.75, 3.05) is 13.2 Å². The Kier molecular flexibility index (Phi) is 6.73. The summed E-state index contributed by atoms with van der Waals surface area (Å²) in [5, 5.41) is 11.4. The van der Waals surface area contributed by atoms with Gasteiger partial charge >= 0.3 is 12.0 Å². The van der Waals surface area contributed by atoms with Crippen molar-refractivity contribution in [1.82, 2.24) is 10.2 Å². The van der Waals surface area contributed by atoms with Crippen LogP contribution in [0.2, 0.25) is 0 Å². The van der Waals surface area contributed by atoms with Crippen LogP contribution >= 0.6 is 15.9 Å². The Morgan fingerprint density at radius 2 is 1.87 bits per heavy atom. The molecular formula is C21H19BrN2O6. The van der Waals surface area contributed by atoms with Crippen molar-refractivity contribution in [2.24, 2.45) is 0 Å². The fraction of sp³-hybridized carbons (Fsp3) is 0.190. The summed E-state index contributed by atoms with van der Waals surface area (Å²) in [6, 6.07) is 11.7. The number of amides is 3. The van der Waals surface area contributed by atoms with Crippen LogP contribution in [0.1, 0.15) is 18.1 Å². The van der Waals surface area contributed by atoms with E-state index in [1.54, 1.807) is 25.1 Å². The van der Waals surface area contributed by atoms with E-state index in [0.717, 1.165) is 14.9 Å². The van der Waals surface area contributed by atoms with Gasteiger partial charge in [0.15, 0.2) is 18.1 Å². The molecule has 3 rings (SSSR count). The number of imide groups is 1. The van der Waals surface area contributed by atoms with Crippen molar-refractivity contribution >= 4 is 39.9 Å². The highest BCUT2D eigenvalue weighted by Gasteiger charge is 2.33. The molecule has 156 valence electrons. The second kappa shape index (κ2) is 9.45. The monoisotopic (exact) mass is 474 g/mol. The summed E-state index contributed by atoms with van der Waals surface area (Å²) >= 11 is 3.35. The van der Waals surface area contributed by atoms with E-state index in [4.69, 9.17) is 14.6 Å². The Morgan fingerprint density at radius 3 is 2.53 bits per heavy atom. The summed E-state index contributed by atoms with van der Waals surface area (Å²) in [7, 11) is 0. The van der Waals surface area contributed by atoms with Gasteiger partial charge in [-0.1, -0.05) is 34.1 Å². The number of nitrogens with zero attached hydrogens (tertiary/aromatic N) is 1. The van der Waals surface area contributed by atoms with Crippen molar-refractivity contribution in [3.63, 3.8) is 0 Å². The number of urea groups is 1. The molecule has 30 heavy (non-hydrogen) atoms. The van der Waals surface area contributed by atoms with Crippen LogP contribution in [0.25, 0.3) is 6.08 Å². The third kappa shape index (κ3) is 5.18. The number of carboxylic acids is 1. The van der Waals surface area contributed by atoms with Crippen LogP contribution in [0.5, 0.6) is 11.5 Å². The molecule has 0 aromatic heterocycles. The fourth-order valence-electron chi connectivity index (χ4n) is 2.80. The maximum Gasteiger partial charge on any atom is 0.341 e. The molecule has 0 saturated carbocycles. The Hall–Kier alpha value is -3.33. The van der Waals surface area contributed by atoms with Crippen LogP contribution in [0.15, 0.2) is 52.6 Å². The van der Waals surface area contributed by atoms with E-state index < -0.39 is 24.5 Å². The lowest BCUT2D eigenvalue weighted by Gasteiger charge is -2.12. The molecule has 1 saturated heterocycles. The molecule has 1 heterocycles. The lowest BCUT2D eigenvalue weighted by atomic mass is 10.1. The molecule has 0 spiro atoms. The number of carbonyl (C=O) groups excluding carboxylic acids is 2. The highest BCUT2D eigenvalue weighted by molar-refractivity contribution is 9.10. The molecule has 2 aromatic rings. The number of hydrogen-bond acceptors (Lipinski definition) is 5. The van der Waals surface area contributed by atoms with E-state index in [-0.39, 0.29) is 18.0 Å². The fourth-order valence-corrected chi connectivity index (χ4v) is 3.06. The molecule has 0 radical (unpaired) electrons. The third-order valence-corrected chi connectivity index (χ3v) is 4.67. The number of ether oxygens (including phenoxy) is 2. The van der Waals surface area contributed by atoms with Gasteiger partial charge in [0.2, 0.25) is 0 Å². The topological polar surface area (TPSA) is 105 Å². The molecule has 0 unspecified atom stereocenters. The van der Waals surface area contributed by atoms with E-state index in [0.29, 0.717) is 17.9 Å². The van der Waals surface area contributed by atoms with Gasteiger partial charge in [-0.15, -0.1) is 0 Å². The molecule has 0 atom stereocenters. The average Bonchev–Trinajstić information content (AvgIpc) is 2.96. The quantitative estimate of drug-likeness (QED) is 0.448. The third-order valence-electron chi connectivity index (χ3n) is 4.15. The zero-order valence-corrected chi connectivity index (χ0v) is 17.6. The highest BCUT2D eigenvalue weighted by Crippen LogP contribution is 2.30. The molecule has 8 nitrogen and oxygen atoms in total. The predicted molar refractivity (Wildman–Crippen MR) is 112 cm³/mol. The summed E-state index contributed by atoms with van der Waals surface area (Å²) in [5.74, 6) is -0.919. The van der Waals surface area contributed by atoms with E-state index in [2.05, 4.69) is 21.2 Å². The zero-order valence-electron chi connectivity index (χ0n) is 16.1. The van der Waals surface area contributed by atoms with Gasteiger partial charge in [0.05, 0.1) is 13.2 Å². The maximum atomic E-state index is 12.7. The first-order valence-corrected chi connectivity index (χ1v) is 9.87. The number of carboxylic acid groups (broad SMARTS) is 1. The summed E-state index contributed by atoms with van der Waals surface area (Å²) in [6.07, 6.45) is 1.53. The number of hydrogen-bond donors (Lipinski definition) is 2. The standard InChI is InChI=1S/C21H19BrN2O6/c1-2-29-18-10-14(5-8-17(18)30-12-19(25)26)9-16-20(27)24(21(28)23-16)11-13-3-6-15(22)7-4-13/h3-10H,2,11-12H2,1H3,(H,23,28)(H,25,26)/b16-9+. The van der Waals surface area contributed by atoms with Crippen LogP contribution in [0.4, 0.5) is 4.79 Å². The first kappa shape index (κ1) is 21.4. The Balaban J connectivity index is 1.79. The Morgan fingerprint density at radius 1 is 1.13 bits per heavy atom. The molecule has 2 N–H and O–H groups in total. The van der Waals surface area contributed by atoms with Crippen LogP contribution in [0.3, 0.4) is 0 Å². The first-order valence-electron chi connectivity index (χ1n) is 9.07. The average molecular weight is 475 g/mol. The van der Waals surface area contributed by atoms with E-state index in [1.807, 2.05) is 24.3 Å². The van der Waals surface area contributed by atoms with Crippen molar-refractivity contribution in [3.8, 4) is 11.5 Å². The van der Waals surface area contributed by atoms with Crippen molar-refractivity contribution in [1.29, 1.82) is 0 Å². The molecule has 0 aliphatic carbocycles. The lowest BCUT2D eigenvalue weighted by Crippen LogP contribution is -2.30. The molecule has 0 bridgehead atoms. The largest absolute Gasteiger partial charge is 0.490 e. The highest BCUT2D eigenvalue weighted by atomic mass is 79.9. The molecule has 1 fully saturated rings. The predicted octanol–water partition coefficient (Wildman–Crippen LogP) is 3.40. The maximum absolute atomic E-state index is 12.7. The normalized spacial score (nSPS) is 14.7. The minimum atomic E-state index is -1.10. The molecular weight excluding hydrogens is 456 g/mol. The number of nitrogens with one attached hydrogen (secondary N) is 1. The van der Waals surface area contributed by atoms with Crippen molar-refractivity contribution in [3.05, 3.63) is 63.8 Å². The van der Waals surface area contributed by atoms with E-state index in [9.17, 15) is 14.4 Å². The molecule has 3 amide bonds. The van der Waals surface area contributed by atoms with Gasteiger partial charge in [0.25, 0.3) is 5.91 Å². The van der Waals surface area contributed by atoms with E-state index >= 15 is 0 Å². The van der Waals surface area contributed by atoms with E-state index in [1.165, 1.54) is 6.08 Å². The van der Waals surface area contributed by atoms with Gasteiger partial charge in [-0.2, -0.15) is 0 Å². The number of aliphatic carboxylic acids is 1. The van der Waals surface area contributed by atoms with Crippen LogP contribution in [-0.2, 0) is 16.1 Å². The summed E-state index contributed by atoms with van der Waals surface area (Å²) < 4.78 is 11.6. The van der Waals surface area contributed by atoms with Crippen molar-refractivity contribution < 1.29 is 29.0 Å². The van der Waals surface area contributed by atoms with Gasteiger partial charge in [-0.05, 0) is 48.4 Å². The number of halogens is 1. The molecule has 2 aromatic carbocycles. The molecule has 1 aliphatic rings. The van der Waals surface area contributed by atoms with Gasteiger partial charge in [-0.25, -0.2) is 9.59 Å². The van der Waals surface area contributed by atoms with Gasteiger partial charge in [0, 0.05) is 4.47 Å². The van der Waals surface area contributed by atoms with Crippen LogP contribution in [0, 0.1) is 0 Å². The SMILES string of the molecule is CCOc1cc(/C=C2/NC(=O)N(Cc3ccc(Br)cc3)C2=O)ccc1OCC(=O)O. The number of benzene rings is 2. The van der Waals surface area contributed by atoms with Crippen LogP contribution in [-0.4, -0.2) is 41.1 Å². The second-order valence-electron chi connectivity index (χ2n) is 6.33. The minimum absolute atomic E-state index is 0.138. The second-order valence-corrected chi connectivity index (χ2v) is 7.24. The Labute approximate surface area is 181 Å². The van der Waals surface area contributed by atoms with Gasteiger partial charge in [-0.3, -0.25) is 9.69 Å². The van der Waals surface area contributed by atoms with Crippen molar-refractivity contribution in [2.45, 2.75) is 13.5 Å².